The van der Waals surface area contributed by atoms with Gasteiger partial charge in [-0.25, -0.2) is 18.6 Å². The normalized spacial score (nSPS) is 10.5. The Morgan fingerprint density at radius 2 is 2.27 bits per heavy atom. The standard InChI is InChI=1S/C8H7BrF2N2O2/c1-15-8(14)6-4(12)2-3(9)5(13-6)7(10)11/h2,7H,12H2,1H3. The summed E-state index contributed by atoms with van der Waals surface area (Å²) in [7, 11) is 1.12. The van der Waals surface area contributed by atoms with Crippen molar-refractivity contribution in [1.29, 1.82) is 0 Å². The van der Waals surface area contributed by atoms with E-state index in [1.165, 1.54) is 6.07 Å². The minimum atomic E-state index is -2.79. The predicted molar refractivity (Wildman–Crippen MR) is 52.6 cm³/mol. The van der Waals surface area contributed by atoms with Crippen LogP contribution < -0.4 is 5.73 Å². The molecule has 0 saturated heterocycles. The third-order valence-corrected chi connectivity index (χ3v) is 2.25. The third-order valence-electron chi connectivity index (χ3n) is 1.62. The number of hydrogen-bond acceptors (Lipinski definition) is 4. The molecule has 0 amide bonds. The maximum Gasteiger partial charge on any atom is 0.358 e. The molecule has 0 fully saturated rings. The number of nitrogens with zero attached hydrogens (tertiary/aromatic N) is 1. The van der Waals surface area contributed by atoms with E-state index in [9.17, 15) is 13.6 Å². The van der Waals surface area contributed by atoms with Crippen molar-refractivity contribution >= 4 is 27.6 Å². The molecule has 4 nitrogen and oxygen atoms in total. The summed E-state index contributed by atoms with van der Waals surface area (Å²) in [5.41, 5.74) is 4.57. The smallest absolute Gasteiger partial charge is 0.358 e. The Bertz CT molecular complexity index is 398. The van der Waals surface area contributed by atoms with Crippen LogP contribution in [0.1, 0.15) is 22.6 Å². The Labute approximate surface area is 92.6 Å². The Morgan fingerprint density at radius 3 is 2.73 bits per heavy atom. The van der Waals surface area contributed by atoms with Crippen LogP contribution in [0.2, 0.25) is 0 Å². The van der Waals surface area contributed by atoms with Gasteiger partial charge in [-0.2, -0.15) is 0 Å². The van der Waals surface area contributed by atoms with Crippen LogP contribution in [0.3, 0.4) is 0 Å². The molecule has 0 spiro atoms. The number of carbonyl (C=O) groups is 1. The summed E-state index contributed by atoms with van der Waals surface area (Å²) in [6, 6.07) is 1.20. The number of esters is 1. The Morgan fingerprint density at radius 1 is 1.67 bits per heavy atom. The number of ether oxygens (including phenoxy) is 1. The lowest BCUT2D eigenvalue weighted by molar-refractivity contribution is 0.0593. The van der Waals surface area contributed by atoms with E-state index in [0.29, 0.717) is 0 Å². The minimum Gasteiger partial charge on any atom is -0.464 e. The van der Waals surface area contributed by atoms with Crippen molar-refractivity contribution in [2.24, 2.45) is 0 Å². The number of anilines is 1. The molecule has 82 valence electrons. The van der Waals surface area contributed by atoms with Gasteiger partial charge >= 0.3 is 5.97 Å². The highest BCUT2D eigenvalue weighted by molar-refractivity contribution is 9.10. The van der Waals surface area contributed by atoms with Crippen molar-refractivity contribution in [3.63, 3.8) is 0 Å². The number of nitrogens with two attached hydrogens (primary N) is 1. The van der Waals surface area contributed by atoms with Crippen LogP contribution in [0.25, 0.3) is 0 Å². The van der Waals surface area contributed by atoms with E-state index in [1.807, 2.05) is 0 Å². The number of carbonyl (C=O) groups excluding carboxylic acids is 1. The van der Waals surface area contributed by atoms with E-state index in [4.69, 9.17) is 5.73 Å². The summed E-state index contributed by atoms with van der Waals surface area (Å²) in [6.45, 7) is 0. The van der Waals surface area contributed by atoms with Crippen molar-refractivity contribution in [3.8, 4) is 0 Å². The molecule has 1 aromatic rings. The van der Waals surface area contributed by atoms with Gasteiger partial charge in [0.2, 0.25) is 0 Å². The van der Waals surface area contributed by atoms with E-state index in [1.54, 1.807) is 0 Å². The molecule has 0 aliphatic rings. The quantitative estimate of drug-likeness (QED) is 0.843. The molecule has 0 radical (unpaired) electrons. The van der Waals surface area contributed by atoms with Crippen molar-refractivity contribution in [1.82, 2.24) is 4.98 Å². The minimum absolute atomic E-state index is 0.0156. The molecular formula is C8H7BrF2N2O2. The molecule has 7 heteroatoms. The highest BCUT2D eigenvalue weighted by Gasteiger charge is 2.20. The molecule has 15 heavy (non-hydrogen) atoms. The number of methoxy groups -OCH3 is 1. The summed E-state index contributed by atoms with van der Waals surface area (Å²) in [5, 5.41) is 0. The second-order valence-electron chi connectivity index (χ2n) is 2.59. The lowest BCUT2D eigenvalue weighted by Gasteiger charge is -2.07. The molecule has 0 aliphatic carbocycles. The largest absolute Gasteiger partial charge is 0.464 e. The maximum absolute atomic E-state index is 12.4. The van der Waals surface area contributed by atoms with Crippen LogP contribution >= 0.6 is 15.9 Å². The zero-order valence-corrected chi connectivity index (χ0v) is 9.22. The SMILES string of the molecule is COC(=O)c1nc(C(F)F)c(Br)cc1N. The van der Waals surface area contributed by atoms with Crippen LogP contribution in [0.5, 0.6) is 0 Å². The van der Waals surface area contributed by atoms with E-state index in [2.05, 4.69) is 25.7 Å². The zero-order chi connectivity index (χ0) is 11.6. The first kappa shape index (κ1) is 11.8. The topological polar surface area (TPSA) is 65.2 Å². The van der Waals surface area contributed by atoms with Crippen molar-refractivity contribution in [2.75, 3.05) is 12.8 Å². The molecule has 0 aromatic carbocycles. The van der Waals surface area contributed by atoms with Gasteiger partial charge in [0.15, 0.2) is 5.69 Å². The maximum atomic E-state index is 12.4. The first-order chi connectivity index (χ1) is 6.97. The molecule has 1 heterocycles. The van der Waals surface area contributed by atoms with E-state index in [0.717, 1.165) is 7.11 Å². The average Bonchev–Trinajstić information content (AvgIpc) is 2.16. The van der Waals surface area contributed by atoms with Gasteiger partial charge in [0.1, 0.15) is 5.69 Å². The number of rotatable bonds is 2. The number of halogens is 3. The second kappa shape index (κ2) is 4.52. The Balaban J connectivity index is 3.29. The molecule has 0 saturated carbocycles. The average molecular weight is 281 g/mol. The van der Waals surface area contributed by atoms with Crippen LogP contribution in [-0.4, -0.2) is 18.1 Å². The summed E-state index contributed by atoms with van der Waals surface area (Å²) < 4.78 is 29.3. The Kier molecular flexibility index (Phi) is 3.57. The summed E-state index contributed by atoms with van der Waals surface area (Å²) in [6.07, 6.45) is -2.79. The summed E-state index contributed by atoms with van der Waals surface area (Å²) in [5.74, 6) is -0.845. The lowest BCUT2D eigenvalue weighted by atomic mass is 10.2. The zero-order valence-electron chi connectivity index (χ0n) is 7.63. The van der Waals surface area contributed by atoms with Crippen LogP contribution in [-0.2, 0) is 4.74 Å². The van der Waals surface area contributed by atoms with Gasteiger partial charge in [0.05, 0.1) is 12.8 Å². The molecule has 0 aliphatic heterocycles. The van der Waals surface area contributed by atoms with Gasteiger partial charge in [0.25, 0.3) is 6.43 Å². The van der Waals surface area contributed by atoms with Crippen molar-refractivity contribution in [3.05, 3.63) is 21.9 Å². The van der Waals surface area contributed by atoms with E-state index < -0.39 is 18.1 Å². The fraction of sp³-hybridized carbons (Fsp3) is 0.250. The number of pyridine rings is 1. The number of aromatic nitrogens is 1. The van der Waals surface area contributed by atoms with Crippen LogP contribution in [0.15, 0.2) is 10.5 Å². The molecule has 0 atom stereocenters. The number of nitrogen functional groups attached to an aromatic ring is 1. The molecule has 2 N–H and O–H groups in total. The highest BCUT2D eigenvalue weighted by atomic mass is 79.9. The van der Waals surface area contributed by atoms with E-state index in [-0.39, 0.29) is 15.9 Å². The van der Waals surface area contributed by atoms with Gasteiger partial charge in [-0.15, -0.1) is 0 Å². The second-order valence-corrected chi connectivity index (χ2v) is 3.44. The fourth-order valence-electron chi connectivity index (χ4n) is 0.930. The first-order valence-electron chi connectivity index (χ1n) is 3.79. The molecule has 0 bridgehead atoms. The van der Waals surface area contributed by atoms with Gasteiger partial charge in [-0.1, -0.05) is 0 Å². The van der Waals surface area contributed by atoms with Crippen molar-refractivity contribution in [2.45, 2.75) is 6.43 Å². The molecule has 1 aromatic heterocycles. The van der Waals surface area contributed by atoms with Gasteiger partial charge in [-0.05, 0) is 22.0 Å². The van der Waals surface area contributed by atoms with Gasteiger partial charge in [-0.3, -0.25) is 0 Å². The summed E-state index contributed by atoms with van der Waals surface area (Å²) >= 11 is 2.88. The van der Waals surface area contributed by atoms with Gasteiger partial charge in [0, 0.05) is 4.47 Å². The monoisotopic (exact) mass is 280 g/mol. The predicted octanol–water partition coefficient (Wildman–Crippen LogP) is 2.15. The lowest BCUT2D eigenvalue weighted by Crippen LogP contribution is -2.10. The Hall–Kier alpha value is -1.24. The fourth-order valence-corrected chi connectivity index (χ4v) is 1.44. The van der Waals surface area contributed by atoms with Gasteiger partial charge < -0.3 is 10.5 Å². The van der Waals surface area contributed by atoms with E-state index >= 15 is 0 Å². The number of hydrogen-bond donors (Lipinski definition) is 1. The van der Waals surface area contributed by atoms with Crippen LogP contribution in [0, 0.1) is 0 Å². The molecular weight excluding hydrogens is 274 g/mol. The summed E-state index contributed by atoms with van der Waals surface area (Å²) in [4.78, 5) is 14.5. The third kappa shape index (κ3) is 2.41. The molecule has 1 rings (SSSR count). The molecule has 0 unspecified atom stereocenters. The number of alkyl halides is 2. The highest BCUT2D eigenvalue weighted by Crippen LogP contribution is 2.28. The van der Waals surface area contributed by atoms with Crippen molar-refractivity contribution < 1.29 is 18.3 Å². The van der Waals surface area contributed by atoms with Crippen LogP contribution in [0.4, 0.5) is 14.5 Å². The first-order valence-corrected chi connectivity index (χ1v) is 4.59.